The third-order valence-electron chi connectivity index (χ3n) is 2.77. The highest BCUT2D eigenvalue weighted by molar-refractivity contribution is 6.21. The number of halogens is 1. The van der Waals surface area contributed by atoms with Crippen molar-refractivity contribution >= 4 is 17.3 Å². The molecule has 0 saturated carbocycles. The average Bonchev–Trinajstić information content (AvgIpc) is 2.25. The number of nitro groups is 1. The second kappa shape index (κ2) is 5.50. The van der Waals surface area contributed by atoms with Crippen LogP contribution in [-0.4, -0.2) is 10.3 Å². The summed E-state index contributed by atoms with van der Waals surface area (Å²) in [5, 5.41) is 10.6. The zero-order valence-electron chi connectivity index (χ0n) is 10.4. The summed E-state index contributed by atoms with van der Waals surface area (Å²) in [7, 11) is 0. The lowest BCUT2D eigenvalue weighted by molar-refractivity contribution is -0.384. The third-order valence-corrected chi connectivity index (χ3v) is 3.65. The van der Waals surface area contributed by atoms with Crippen LogP contribution in [0.5, 0.6) is 0 Å². The number of nitrogens with zero attached hydrogens (tertiary/aromatic N) is 1. The Labute approximate surface area is 107 Å². The quantitative estimate of drug-likeness (QED) is 0.460. The van der Waals surface area contributed by atoms with Gasteiger partial charge in [0.05, 0.1) is 4.92 Å². The molecule has 0 saturated heterocycles. The van der Waals surface area contributed by atoms with E-state index in [-0.39, 0.29) is 21.4 Å². The van der Waals surface area contributed by atoms with E-state index >= 15 is 0 Å². The Hall–Kier alpha value is -1.09. The molecule has 1 rings (SSSR count). The summed E-state index contributed by atoms with van der Waals surface area (Å²) in [6.07, 6.45) is 1.73. The lowest BCUT2D eigenvalue weighted by Gasteiger charge is -2.24. The Kier molecular flexibility index (Phi) is 4.52. The first-order valence-electron chi connectivity index (χ1n) is 5.68. The fraction of sp³-hybridized carbons (Fsp3) is 0.538. The van der Waals surface area contributed by atoms with Crippen molar-refractivity contribution in [2.45, 2.75) is 39.0 Å². The number of benzene rings is 1. The summed E-state index contributed by atoms with van der Waals surface area (Å²) in [4.78, 5) is 10.1. The minimum absolute atomic E-state index is 0.0856. The molecular formula is C13H18ClNO2. The summed E-state index contributed by atoms with van der Waals surface area (Å²) in [5.74, 6) is 0. The molecule has 94 valence electrons. The summed E-state index contributed by atoms with van der Waals surface area (Å²) in [5.41, 5.74) is 1.31. The third kappa shape index (κ3) is 4.35. The maximum absolute atomic E-state index is 10.5. The van der Waals surface area contributed by atoms with E-state index in [9.17, 15) is 10.1 Å². The number of hydrogen-bond donors (Lipinski definition) is 0. The van der Waals surface area contributed by atoms with Gasteiger partial charge in [0.25, 0.3) is 5.69 Å². The van der Waals surface area contributed by atoms with Crippen LogP contribution in [0, 0.1) is 15.5 Å². The lowest BCUT2D eigenvalue weighted by Crippen LogP contribution is -2.21. The van der Waals surface area contributed by atoms with Gasteiger partial charge < -0.3 is 0 Å². The molecule has 3 nitrogen and oxygen atoms in total. The van der Waals surface area contributed by atoms with E-state index < -0.39 is 0 Å². The molecule has 0 aliphatic rings. The predicted octanol–water partition coefficient (Wildman–Crippen LogP) is 4.18. The van der Waals surface area contributed by atoms with Crippen LogP contribution in [0.3, 0.4) is 0 Å². The lowest BCUT2D eigenvalue weighted by atomic mass is 9.88. The van der Waals surface area contributed by atoms with E-state index in [4.69, 9.17) is 11.6 Å². The van der Waals surface area contributed by atoms with Gasteiger partial charge in [-0.3, -0.25) is 10.1 Å². The average molecular weight is 256 g/mol. The molecule has 0 aliphatic carbocycles. The van der Waals surface area contributed by atoms with E-state index in [1.807, 2.05) is 0 Å². The standard InChI is InChI=1S/C13H18ClNO2/c1-13(2,3)12(14)9-6-10-4-7-11(8-5-10)15(16)17/h4-5,7-8,12H,6,9H2,1-3H3. The molecule has 1 aromatic rings. The Morgan fingerprint density at radius 3 is 2.24 bits per heavy atom. The Bertz CT molecular complexity index is 381. The van der Waals surface area contributed by atoms with Crippen LogP contribution in [0.2, 0.25) is 0 Å². The molecule has 1 unspecified atom stereocenters. The Morgan fingerprint density at radius 1 is 1.29 bits per heavy atom. The van der Waals surface area contributed by atoms with Gasteiger partial charge in [0, 0.05) is 17.5 Å². The highest BCUT2D eigenvalue weighted by Gasteiger charge is 2.21. The fourth-order valence-corrected chi connectivity index (χ4v) is 1.62. The van der Waals surface area contributed by atoms with Gasteiger partial charge in [-0.25, -0.2) is 0 Å². The van der Waals surface area contributed by atoms with Crippen LogP contribution < -0.4 is 0 Å². The molecule has 0 aliphatic heterocycles. The Morgan fingerprint density at radius 2 is 1.82 bits per heavy atom. The molecule has 1 aromatic carbocycles. The SMILES string of the molecule is CC(C)(C)C(Cl)CCc1ccc([N+](=O)[O-])cc1. The summed E-state index contributed by atoms with van der Waals surface area (Å²) >= 11 is 6.28. The van der Waals surface area contributed by atoms with Gasteiger partial charge in [0.2, 0.25) is 0 Å². The monoisotopic (exact) mass is 255 g/mol. The second-order valence-electron chi connectivity index (χ2n) is 5.30. The van der Waals surface area contributed by atoms with Gasteiger partial charge in [-0.15, -0.1) is 11.6 Å². The van der Waals surface area contributed by atoms with Crippen LogP contribution in [0.15, 0.2) is 24.3 Å². The van der Waals surface area contributed by atoms with E-state index in [0.29, 0.717) is 0 Å². The van der Waals surface area contributed by atoms with Crippen molar-refractivity contribution in [1.29, 1.82) is 0 Å². The number of aryl methyl sites for hydroxylation is 1. The summed E-state index contributed by atoms with van der Waals surface area (Å²) in [6.45, 7) is 6.33. The van der Waals surface area contributed by atoms with Gasteiger partial charge in [0.15, 0.2) is 0 Å². The molecule has 0 aromatic heterocycles. The highest BCUT2D eigenvalue weighted by Crippen LogP contribution is 2.28. The largest absolute Gasteiger partial charge is 0.269 e. The van der Waals surface area contributed by atoms with Crippen LogP contribution in [0.4, 0.5) is 5.69 Å². The normalized spacial score (nSPS) is 13.4. The zero-order chi connectivity index (χ0) is 13.1. The first kappa shape index (κ1) is 14.0. The molecule has 0 amide bonds. The molecule has 17 heavy (non-hydrogen) atoms. The molecule has 0 radical (unpaired) electrons. The minimum Gasteiger partial charge on any atom is -0.258 e. The molecule has 0 fully saturated rings. The van der Waals surface area contributed by atoms with Gasteiger partial charge in [-0.2, -0.15) is 0 Å². The van der Waals surface area contributed by atoms with Crippen LogP contribution in [-0.2, 0) is 6.42 Å². The number of nitro benzene ring substituents is 1. The van der Waals surface area contributed by atoms with Crippen molar-refractivity contribution < 1.29 is 4.92 Å². The van der Waals surface area contributed by atoms with Crippen molar-refractivity contribution in [2.24, 2.45) is 5.41 Å². The smallest absolute Gasteiger partial charge is 0.258 e. The number of rotatable bonds is 4. The van der Waals surface area contributed by atoms with Gasteiger partial charge in [0.1, 0.15) is 0 Å². The van der Waals surface area contributed by atoms with Crippen LogP contribution >= 0.6 is 11.6 Å². The van der Waals surface area contributed by atoms with Crippen molar-refractivity contribution in [1.82, 2.24) is 0 Å². The number of hydrogen-bond acceptors (Lipinski definition) is 2. The number of non-ortho nitro benzene ring substituents is 1. The number of alkyl halides is 1. The molecule has 0 bridgehead atoms. The van der Waals surface area contributed by atoms with Gasteiger partial charge >= 0.3 is 0 Å². The van der Waals surface area contributed by atoms with E-state index in [2.05, 4.69) is 20.8 Å². The molecular weight excluding hydrogens is 238 g/mol. The zero-order valence-corrected chi connectivity index (χ0v) is 11.2. The maximum atomic E-state index is 10.5. The van der Waals surface area contributed by atoms with Crippen molar-refractivity contribution in [3.8, 4) is 0 Å². The topological polar surface area (TPSA) is 43.1 Å². The van der Waals surface area contributed by atoms with Crippen molar-refractivity contribution in [3.05, 3.63) is 39.9 Å². The van der Waals surface area contributed by atoms with E-state index in [1.165, 1.54) is 12.1 Å². The van der Waals surface area contributed by atoms with Crippen LogP contribution in [0.1, 0.15) is 32.8 Å². The van der Waals surface area contributed by atoms with Gasteiger partial charge in [-0.05, 0) is 23.8 Å². The second-order valence-corrected chi connectivity index (χ2v) is 5.82. The van der Waals surface area contributed by atoms with Gasteiger partial charge in [-0.1, -0.05) is 32.9 Å². The summed E-state index contributed by atoms with van der Waals surface area (Å²) < 4.78 is 0. The van der Waals surface area contributed by atoms with Crippen LogP contribution in [0.25, 0.3) is 0 Å². The first-order chi connectivity index (χ1) is 7.80. The minimum atomic E-state index is -0.386. The molecule has 0 heterocycles. The Balaban J connectivity index is 2.56. The van der Waals surface area contributed by atoms with E-state index in [0.717, 1.165) is 18.4 Å². The van der Waals surface area contributed by atoms with E-state index in [1.54, 1.807) is 12.1 Å². The molecule has 1 atom stereocenters. The highest BCUT2D eigenvalue weighted by atomic mass is 35.5. The molecule has 0 N–H and O–H groups in total. The fourth-order valence-electron chi connectivity index (χ4n) is 1.51. The maximum Gasteiger partial charge on any atom is 0.269 e. The molecule has 4 heteroatoms. The molecule has 0 spiro atoms. The summed E-state index contributed by atoms with van der Waals surface area (Å²) in [6, 6.07) is 6.67. The predicted molar refractivity (Wildman–Crippen MR) is 70.5 cm³/mol. The first-order valence-corrected chi connectivity index (χ1v) is 6.12. The van der Waals surface area contributed by atoms with Crippen molar-refractivity contribution in [3.63, 3.8) is 0 Å². The van der Waals surface area contributed by atoms with Crippen molar-refractivity contribution in [2.75, 3.05) is 0 Å².